The lowest BCUT2D eigenvalue weighted by atomic mass is 10.2. The Bertz CT molecular complexity index is 248. The topological polar surface area (TPSA) is 46.6 Å². The molecule has 0 bridgehead atoms. The summed E-state index contributed by atoms with van der Waals surface area (Å²) < 4.78 is 29.0. The minimum atomic E-state index is -3.27. The van der Waals surface area contributed by atoms with Gasteiger partial charge in [0.2, 0.25) is 10.0 Å². The first-order valence-electron chi connectivity index (χ1n) is 4.18. The number of likely N-dealkylation sites (N-methyl/N-ethyl adjacent to an activating group) is 1. The fraction of sp³-hybridized carbons (Fsp3) is 1.00. The number of rotatable bonds is 4. The Morgan fingerprint density at radius 1 is 1.62 bits per heavy atom. The summed E-state index contributed by atoms with van der Waals surface area (Å²) in [6.07, 6.45) is 1.99. The van der Waals surface area contributed by atoms with E-state index in [0.29, 0.717) is 6.54 Å². The lowest BCUT2D eigenvalue weighted by Gasteiger charge is -2.18. The molecule has 1 fully saturated rings. The van der Waals surface area contributed by atoms with E-state index in [2.05, 4.69) is 0 Å². The van der Waals surface area contributed by atoms with Crippen LogP contribution in [0.2, 0.25) is 0 Å². The average Bonchev–Trinajstić information content (AvgIpc) is 2.57. The second kappa shape index (κ2) is 4.59. The van der Waals surface area contributed by atoms with Crippen LogP contribution in [0.5, 0.6) is 0 Å². The van der Waals surface area contributed by atoms with Crippen LogP contribution in [0, 0.1) is 0 Å². The molecule has 1 heterocycles. The van der Waals surface area contributed by atoms with Crippen LogP contribution in [0.1, 0.15) is 12.8 Å². The van der Waals surface area contributed by atoms with Gasteiger partial charge >= 0.3 is 0 Å². The molecule has 0 aromatic heterocycles. The minimum Gasteiger partial charge on any atom is -0.377 e. The van der Waals surface area contributed by atoms with Gasteiger partial charge in [0.15, 0.2) is 0 Å². The van der Waals surface area contributed by atoms with Crippen LogP contribution in [-0.4, -0.2) is 44.2 Å². The fourth-order valence-corrected chi connectivity index (χ4v) is 2.33. The quantitative estimate of drug-likeness (QED) is 0.662. The summed E-state index contributed by atoms with van der Waals surface area (Å²) in [6.45, 7) is 1.15. The Hall–Kier alpha value is 0.160. The Morgan fingerprint density at radius 2 is 2.31 bits per heavy atom. The number of sulfonamides is 1. The molecule has 1 atom stereocenters. The van der Waals surface area contributed by atoms with E-state index in [1.807, 2.05) is 0 Å². The van der Waals surface area contributed by atoms with Crippen molar-refractivity contribution in [3.8, 4) is 0 Å². The molecule has 0 amide bonds. The van der Waals surface area contributed by atoms with Gasteiger partial charge in [-0.2, -0.15) is 0 Å². The molecule has 0 saturated carbocycles. The van der Waals surface area contributed by atoms with Gasteiger partial charge in [-0.3, -0.25) is 0 Å². The lowest BCUT2D eigenvalue weighted by molar-refractivity contribution is 0.0980. The molecule has 6 heteroatoms. The van der Waals surface area contributed by atoms with Gasteiger partial charge in [0.1, 0.15) is 5.21 Å². The summed E-state index contributed by atoms with van der Waals surface area (Å²) in [4.78, 5) is 0. The molecule has 0 N–H and O–H groups in total. The van der Waals surface area contributed by atoms with Gasteiger partial charge in [0.25, 0.3) is 0 Å². The van der Waals surface area contributed by atoms with Gasteiger partial charge in [-0.15, -0.1) is 11.6 Å². The van der Waals surface area contributed by atoms with E-state index >= 15 is 0 Å². The Morgan fingerprint density at radius 3 is 2.77 bits per heavy atom. The third kappa shape index (κ3) is 3.09. The van der Waals surface area contributed by atoms with E-state index in [1.54, 1.807) is 0 Å². The SMILES string of the molecule is CN(CC1CCCO1)S(=O)(=O)CCl. The van der Waals surface area contributed by atoms with Crippen LogP contribution >= 0.6 is 11.6 Å². The van der Waals surface area contributed by atoms with E-state index in [9.17, 15) is 8.42 Å². The van der Waals surface area contributed by atoms with Crippen molar-refractivity contribution in [1.82, 2.24) is 4.31 Å². The standard InChI is InChI=1S/C7H14ClNO3S/c1-9(13(10,11)6-8)5-7-3-2-4-12-7/h7H,2-6H2,1H3. The number of nitrogens with zero attached hydrogens (tertiary/aromatic N) is 1. The molecule has 1 aliphatic heterocycles. The van der Waals surface area contributed by atoms with Crippen LogP contribution < -0.4 is 0 Å². The molecule has 78 valence electrons. The third-order valence-corrected chi connectivity index (χ3v) is 4.30. The van der Waals surface area contributed by atoms with E-state index in [4.69, 9.17) is 16.3 Å². The Labute approximate surface area is 83.9 Å². The molecule has 0 spiro atoms. The zero-order chi connectivity index (χ0) is 9.90. The monoisotopic (exact) mass is 227 g/mol. The highest BCUT2D eigenvalue weighted by Crippen LogP contribution is 2.14. The van der Waals surface area contributed by atoms with Crippen LogP contribution in [0.4, 0.5) is 0 Å². The van der Waals surface area contributed by atoms with Crippen molar-refractivity contribution in [2.75, 3.05) is 25.4 Å². The maximum atomic E-state index is 11.2. The van der Waals surface area contributed by atoms with Crippen LogP contribution in [0.25, 0.3) is 0 Å². The van der Waals surface area contributed by atoms with E-state index in [1.165, 1.54) is 11.4 Å². The number of ether oxygens (including phenoxy) is 1. The first-order chi connectivity index (χ1) is 6.06. The smallest absolute Gasteiger partial charge is 0.227 e. The Kier molecular flexibility index (Phi) is 3.97. The Balaban J connectivity index is 2.44. The largest absolute Gasteiger partial charge is 0.377 e. The number of hydrogen-bond donors (Lipinski definition) is 0. The molecule has 1 unspecified atom stereocenters. The molecular formula is C7H14ClNO3S. The van der Waals surface area contributed by atoms with Gasteiger partial charge in [-0.1, -0.05) is 0 Å². The number of halogens is 1. The van der Waals surface area contributed by atoms with Crippen LogP contribution in [0.3, 0.4) is 0 Å². The van der Waals surface area contributed by atoms with Crippen molar-refractivity contribution < 1.29 is 13.2 Å². The zero-order valence-corrected chi connectivity index (χ0v) is 9.14. The molecule has 0 aromatic rings. The van der Waals surface area contributed by atoms with Crippen molar-refractivity contribution in [1.29, 1.82) is 0 Å². The van der Waals surface area contributed by atoms with Gasteiger partial charge in [0, 0.05) is 20.2 Å². The maximum absolute atomic E-state index is 11.2. The van der Waals surface area contributed by atoms with Crippen molar-refractivity contribution in [3.05, 3.63) is 0 Å². The first kappa shape index (κ1) is 11.2. The van der Waals surface area contributed by atoms with Crippen LogP contribution in [0.15, 0.2) is 0 Å². The molecular weight excluding hydrogens is 214 g/mol. The predicted molar refractivity (Wildman–Crippen MR) is 51.2 cm³/mol. The van der Waals surface area contributed by atoms with E-state index in [-0.39, 0.29) is 11.3 Å². The summed E-state index contributed by atoms with van der Waals surface area (Å²) in [6, 6.07) is 0. The molecule has 0 aromatic carbocycles. The highest BCUT2D eigenvalue weighted by molar-refractivity contribution is 7.90. The molecule has 0 radical (unpaired) electrons. The molecule has 13 heavy (non-hydrogen) atoms. The molecule has 1 saturated heterocycles. The number of hydrogen-bond acceptors (Lipinski definition) is 3. The predicted octanol–water partition coefficient (Wildman–Crippen LogP) is 0.623. The van der Waals surface area contributed by atoms with Crippen molar-refractivity contribution >= 4 is 21.6 Å². The molecule has 1 aliphatic rings. The summed E-state index contributed by atoms with van der Waals surface area (Å²) in [5.74, 6) is 0. The van der Waals surface area contributed by atoms with Gasteiger partial charge < -0.3 is 4.74 Å². The molecule has 0 aliphatic carbocycles. The average molecular weight is 228 g/mol. The first-order valence-corrected chi connectivity index (χ1v) is 6.32. The number of alkyl halides is 1. The summed E-state index contributed by atoms with van der Waals surface area (Å²) in [5, 5.41) is -0.365. The molecule has 4 nitrogen and oxygen atoms in total. The highest BCUT2D eigenvalue weighted by atomic mass is 35.5. The van der Waals surface area contributed by atoms with Gasteiger partial charge in [0.05, 0.1) is 6.10 Å². The summed E-state index contributed by atoms with van der Waals surface area (Å²) in [5.41, 5.74) is 0. The maximum Gasteiger partial charge on any atom is 0.227 e. The second-order valence-corrected chi connectivity index (χ2v) is 5.80. The van der Waals surface area contributed by atoms with Crippen molar-refractivity contribution in [2.24, 2.45) is 0 Å². The second-order valence-electron chi connectivity index (χ2n) is 3.14. The van der Waals surface area contributed by atoms with Crippen molar-refractivity contribution in [3.63, 3.8) is 0 Å². The lowest BCUT2D eigenvalue weighted by Crippen LogP contribution is -2.34. The zero-order valence-electron chi connectivity index (χ0n) is 7.57. The fourth-order valence-electron chi connectivity index (χ4n) is 1.27. The summed E-state index contributed by atoms with van der Waals surface area (Å²) in [7, 11) is -1.74. The molecule has 1 rings (SSSR count). The van der Waals surface area contributed by atoms with Gasteiger partial charge in [-0.05, 0) is 12.8 Å². The minimum absolute atomic E-state index is 0.0444. The van der Waals surface area contributed by atoms with Crippen molar-refractivity contribution in [2.45, 2.75) is 18.9 Å². The van der Waals surface area contributed by atoms with Crippen LogP contribution in [-0.2, 0) is 14.8 Å². The van der Waals surface area contributed by atoms with E-state index < -0.39 is 10.0 Å². The third-order valence-electron chi connectivity index (χ3n) is 2.10. The summed E-state index contributed by atoms with van der Waals surface area (Å²) >= 11 is 5.30. The van der Waals surface area contributed by atoms with Gasteiger partial charge in [-0.25, -0.2) is 12.7 Å². The normalized spacial score (nSPS) is 24.1. The van der Waals surface area contributed by atoms with E-state index in [0.717, 1.165) is 19.4 Å². The highest BCUT2D eigenvalue weighted by Gasteiger charge is 2.23.